The van der Waals surface area contributed by atoms with Crippen molar-refractivity contribution in [2.75, 3.05) is 0 Å². The number of aromatic nitrogens is 2. The summed E-state index contributed by atoms with van der Waals surface area (Å²) in [6.07, 6.45) is 0. The van der Waals surface area contributed by atoms with E-state index in [0.717, 1.165) is 5.69 Å². The zero-order valence-corrected chi connectivity index (χ0v) is 28.2. The monoisotopic (exact) mass is 658 g/mol. The molecule has 0 N–H and O–H groups in total. The van der Waals surface area contributed by atoms with Gasteiger partial charge < -0.3 is 9.13 Å². The van der Waals surface area contributed by atoms with Gasteiger partial charge in [0.15, 0.2) is 0 Å². The average molecular weight is 659 g/mol. The van der Waals surface area contributed by atoms with E-state index >= 15 is 0 Å². The van der Waals surface area contributed by atoms with Crippen LogP contribution in [-0.2, 0) is 0 Å². The number of fused-ring (bicyclic) bond motifs is 12. The van der Waals surface area contributed by atoms with E-state index in [4.69, 9.17) is 0 Å². The van der Waals surface area contributed by atoms with Crippen molar-refractivity contribution in [2.24, 2.45) is 0 Å². The number of rotatable bonds is 3. The van der Waals surface area contributed by atoms with Crippen LogP contribution in [0.5, 0.6) is 0 Å². The molecule has 0 saturated carbocycles. The third-order valence-electron chi connectivity index (χ3n) is 11.4. The van der Waals surface area contributed by atoms with Crippen molar-refractivity contribution in [1.29, 1.82) is 0 Å². The van der Waals surface area contributed by atoms with Gasteiger partial charge in [-0.3, -0.25) is 0 Å². The molecule has 2 heteroatoms. The van der Waals surface area contributed by atoms with E-state index < -0.39 is 0 Å². The first-order valence-corrected chi connectivity index (χ1v) is 18.0. The molecule has 1 aliphatic carbocycles. The van der Waals surface area contributed by atoms with Gasteiger partial charge in [-0.1, -0.05) is 127 Å². The maximum absolute atomic E-state index is 2.50. The minimum atomic E-state index is 1.16. The van der Waals surface area contributed by atoms with Crippen molar-refractivity contribution in [3.8, 4) is 44.8 Å². The molecule has 0 bridgehead atoms. The molecular formula is C50H30N2. The van der Waals surface area contributed by atoms with Crippen LogP contribution in [-0.4, -0.2) is 9.13 Å². The number of nitrogens with zero attached hydrogens (tertiary/aromatic N) is 2. The van der Waals surface area contributed by atoms with Gasteiger partial charge in [-0.15, -0.1) is 0 Å². The van der Waals surface area contributed by atoms with Crippen molar-refractivity contribution in [3.63, 3.8) is 0 Å². The summed E-state index contributed by atoms with van der Waals surface area (Å²) in [5.74, 6) is 0. The molecule has 0 saturated heterocycles. The molecule has 0 aliphatic heterocycles. The highest BCUT2D eigenvalue weighted by atomic mass is 15.0. The van der Waals surface area contributed by atoms with Crippen LogP contribution in [0.2, 0.25) is 0 Å². The van der Waals surface area contributed by atoms with E-state index in [1.165, 1.54) is 104 Å². The second-order valence-corrected chi connectivity index (χ2v) is 14.1. The summed E-state index contributed by atoms with van der Waals surface area (Å²) in [4.78, 5) is 0. The molecule has 9 aromatic carbocycles. The lowest BCUT2D eigenvalue weighted by Gasteiger charge is -2.12. The summed E-state index contributed by atoms with van der Waals surface area (Å²) in [5.41, 5.74) is 15.0. The fraction of sp³-hybridized carbons (Fsp3) is 0. The average Bonchev–Trinajstić information content (AvgIpc) is 3.85. The lowest BCUT2D eigenvalue weighted by Crippen LogP contribution is -1.95. The van der Waals surface area contributed by atoms with E-state index in [0.29, 0.717) is 0 Å². The number of para-hydroxylation sites is 2. The van der Waals surface area contributed by atoms with Crippen LogP contribution < -0.4 is 0 Å². The van der Waals surface area contributed by atoms with Gasteiger partial charge >= 0.3 is 0 Å². The molecular weight excluding hydrogens is 629 g/mol. The Morgan fingerprint density at radius 1 is 0.288 bits per heavy atom. The highest BCUT2D eigenvalue weighted by Gasteiger charge is 2.26. The molecule has 2 aromatic heterocycles. The van der Waals surface area contributed by atoms with Crippen molar-refractivity contribution >= 4 is 65.2 Å². The third kappa shape index (κ3) is 3.68. The third-order valence-corrected chi connectivity index (χ3v) is 11.4. The van der Waals surface area contributed by atoms with Crippen molar-refractivity contribution in [1.82, 2.24) is 9.13 Å². The maximum Gasteiger partial charge on any atom is 0.0620 e. The zero-order valence-electron chi connectivity index (χ0n) is 28.2. The topological polar surface area (TPSA) is 9.86 Å². The van der Waals surface area contributed by atoms with E-state index in [9.17, 15) is 0 Å². The van der Waals surface area contributed by atoms with E-state index in [1.807, 2.05) is 0 Å². The quantitative estimate of drug-likeness (QED) is 0.179. The Labute approximate surface area is 300 Å². The lowest BCUT2D eigenvalue weighted by atomic mass is 9.97. The second-order valence-electron chi connectivity index (χ2n) is 14.1. The molecule has 52 heavy (non-hydrogen) atoms. The zero-order chi connectivity index (χ0) is 33.9. The minimum Gasteiger partial charge on any atom is -0.309 e. The molecule has 0 fully saturated rings. The minimum absolute atomic E-state index is 1.16. The Morgan fingerprint density at radius 2 is 0.923 bits per heavy atom. The van der Waals surface area contributed by atoms with Gasteiger partial charge in [0, 0.05) is 38.3 Å². The summed E-state index contributed by atoms with van der Waals surface area (Å²) < 4.78 is 4.88. The molecule has 2 nitrogen and oxygen atoms in total. The van der Waals surface area contributed by atoms with Gasteiger partial charge in [0.1, 0.15) is 0 Å². The Hall–Kier alpha value is -6.90. The summed E-state index contributed by atoms with van der Waals surface area (Å²) in [5, 5.41) is 10.3. The molecule has 0 spiro atoms. The first-order chi connectivity index (χ1) is 25.8. The van der Waals surface area contributed by atoms with Crippen molar-refractivity contribution in [2.45, 2.75) is 0 Å². The lowest BCUT2D eigenvalue weighted by molar-refractivity contribution is 1.18. The van der Waals surface area contributed by atoms with Crippen LogP contribution in [0, 0.1) is 0 Å². The predicted molar refractivity (Wildman–Crippen MR) is 220 cm³/mol. The number of hydrogen-bond acceptors (Lipinski definition) is 0. The maximum atomic E-state index is 2.50. The van der Waals surface area contributed by atoms with Gasteiger partial charge in [0.25, 0.3) is 0 Å². The summed E-state index contributed by atoms with van der Waals surface area (Å²) >= 11 is 0. The van der Waals surface area contributed by atoms with Gasteiger partial charge in [0.2, 0.25) is 0 Å². The summed E-state index contributed by atoms with van der Waals surface area (Å²) in [6.45, 7) is 0. The largest absolute Gasteiger partial charge is 0.309 e. The van der Waals surface area contributed by atoms with Crippen LogP contribution >= 0.6 is 0 Å². The van der Waals surface area contributed by atoms with E-state index in [1.54, 1.807) is 0 Å². The Balaban J connectivity index is 1.08. The van der Waals surface area contributed by atoms with Crippen LogP contribution in [0.3, 0.4) is 0 Å². The first kappa shape index (κ1) is 27.9. The van der Waals surface area contributed by atoms with Crippen molar-refractivity contribution in [3.05, 3.63) is 182 Å². The Morgan fingerprint density at radius 3 is 1.79 bits per heavy atom. The van der Waals surface area contributed by atoms with Crippen molar-refractivity contribution < 1.29 is 0 Å². The van der Waals surface area contributed by atoms with Crippen LogP contribution in [0.25, 0.3) is 110 Å². The van der Waals surface area contributed by atoms with Gasteiger partial charge in [-0.25, -0.2) is 0 Å². The molecule has 0 atom stereocenters. The summed E-state index contributed by atoms with van der Waals surface area (Å²) in [6, 6.07) is 67.1. The number of hydrogen-bond donors (Lipinski definition) is 0. The molecule has 12 rings (SSSR count). The van der Waals surface area contributed by atoms with Crippen LogP contribution in [0.15, 0.2) is 182 Å². The normalized spacial score (nSPS) is 12.2. The molecule has 0 amide bonds. The highest BCUT2D eigenvalue weighted by molar-refractivity contribution is 6.31. The second kappa shape index (κ2) is 10.3. The SMILES string of the molecule is c1ccc(-n2c3ccccc3c3cc(-c4ccc(-n5c6ccc7ccccc7c6c6cc7c8c(cccc8c65)-c5ccccc5-7)cc4)ccc32)cc1. The molecule has 240 valence electrons. The van der Waals surface area contributed by atoms with E-state index in [-0.39, 0.29) is 0 Å². The standard InChI is InChI=1S/C50H30N2/c1-2-12-34(13-3-1)51-45-20-9-8-17-39(45)42-29-33(24-27-46(42)51)31-21-25-35(26-22-31)52-47-28-23-32-11-4-5-14-36(32)49(47)44-30-43-38-16-7-6-15-37(38)40-18-10-19-41(48(40)43)50(44)52/h1-30H. The predicted octanol–water partition coefficient (Wildman–Crippen LogP) is 13.5. The fourth-order valence-corrected chi connectivity index (χ4v) is 9.22. The van der Waals surface area contributed by atoms with Gasteiger partial charge in [-0.2, -0.15) is 0 Å². The molecule has 0 radical (unpaired) electrons. The molecule has 0 unspecified atom stereocenters. The first-order valence-electron chi connectivity index (χ1n) is 18.0. The molecule has 11 aromatic rings. The number of benzene rings is 9. The fourth-order valence-electron chi connectivity index (χ4n) is 9.22. The Kier molecular flexibility index (Phi) is 5.53. The Bertz CT molecular complexity index is 3270. The van der Waals surface area contributed by atoms with Crippen LogP contribution in [0.1, 0.15) is 0 Å². The molecule has 2 heterocycles. The smallest absolute Gasteiger partial charge is 0.0620 e. The van der Waals surface area contributed by atoms with Gasteiger partial charge in [-0.05, 0) is 104 Å². The molecule has 1 aliphatic rings. The summed E-state index contributed by atoms with van der Waals surface area (Å²) in [7, 11) is 0. The van der Waals surface area contributed by atoms with E-state index in [2.05, 4.69) is 191 Å². The van der Waals surface area contributed by atoms with Gasteiger partial charge in [0.05, 0.1) is 22.1 Å². The highest BCUT2D eigenvalue weighted by Crippen LogP contribution is 2.51. The van der Waals surface area contributed by atoms with Crippen LogP contribution in [0.4, 0.5) is 0 Å².